The number of halogens is 1. The van der Waals surface area contributed by atoms with Gasteiger partial charge in [0.05, 0.1) is 10.2 Å². The van der Waals surface area contributed by atoms with E-state index in [-0.39, 0.29) is 5.41 Å². The number of para-hydroxylation sites is 1. The molecule has 2 nitrogen and oxygen atoms in total. The summed E-state index contributed by atoms with van der Waals surface area (Å²) >= 11 is 2.31. The molecule has 0 radical (unpaired) electrons. The topological polar surface area (TPSA) is 18.5 Å². The third-order valence-corrected chi connectivity index (χ3v) is 3.16. The van der Waals surface area contributed by atoms with Gasteiger partial charge in [0, 0.05) is 12.7 Å². The monoisotopic (exact) mass is 334 g/mol. The zero-order valence-corrected chi connectivity index (χ0v) is 12.5. The Hall–Kier alpha value is -0.290. The average Bonchev–Trinajstić information content (AvgIpc) is 2.19. The second-order valence-electron chi connectivity index (χ2n) is 4.71. The van der Waals surface area contributed by atoms with Crippen LogP contribution >= 0.6 is 22.6 Å². The second kappa shape index (κ2) is 5.87. The lowest BCUT2D eigenvalue weighted by Gasteiger charge is -2.23. The van der Waals surface area contributed by atoms with Crippen LogP contribution in [0.25, 0.3) is 0 Å². The Morgan fingerprint density at radius 1 is 1.19 bits per heavy atom. The van der Waals surface area contributed by atoms with Gasteiger partial charge in [-0.3, -0.25) is 0 Å². The first kappa shape index (κ1) is 13.8. The number of ether oxygens (including phenoxy) is 2. The summed E-state index contributed by atoms with van der Waals surface area (Å²) < 4.78 is 12.0. The molecule has 1 aromatic rings. The van der Waals surface area contributed by atoms with E-state index in [2.05, 4.69) is 61.6 Å². The maximum absolute atomic E-state index is 5.80. The van der Waals surface area contributed by atoms with Crippen LogP contribution in [0.1, 0.15) is 26.3 Å². The smallest absolute Gasteiger partial charge is 0.136 e. The fourth-order valence-corrected chi connectivity index (χ4v) is 2.13. The summed E-state index contributed by atoms with van der Waals surface area (Å²) in [7, 11) is 1.68. The standard InChI is InChI=1S/C13H19IO2/c1-13(2,3)10-6-5-7-11(14)12(10)16-9-8-15-4/h5-7H,8-9H2,1-4H3. The molecule has 1 rings (SSSR count). The fourth-order valence-electron chi connectivity index (χ4n) is 1.47. The summed E-state index contributed by atoms with van der Waals surface area (Å²) in [6.07, 6.45) is 0. The second-order valence-corrected chi connectivity index (χ2v) is 5.87. The summed E-state index contributed by atoms with van der Waals surface area (Å²) in [5.41, 5.74) is 1.35. The molecule has 3 heteroatoms. The van der Waals surface area contributed by atoms with Gasteiger partial charge in [-0.15, -0.1) is 0 Å². The first-order valence-electron chi connectivity index (χ1n) is 5.37. The van der Waals surface area contributed by atoms with Crippen LogP contribution in [0.4, 0.5) is 0 Å². The van der Waals surface area contributed by atoms with Crippen LogP contribution in [-0.2, 0) is 10.2 Å². The quantitative estimate of drug-likeness (QED) is 0.619. The van der Waals surface area contributed by atoms with E-state index in [1.54, 1.807) is 7.11 Å². The van der Waals surface area contributed by atoms with Gasteiger partial charge in [-0.2, -0.15) is 0 Å². The summed E-state index contributed by atoms with van der Waals surface area (Å²) in [5, 5.41) is 0. The highest BCUT2D eigenvalue weighted by atomic mass is 127. The molecule has 0 heterocycles. The molecule has 0 aliphatic heterocycles. The van der Waals surface area contributed by atoms with Crippen molar-refractivity contribution < 1.29 is 9.47 Å². The molecule has 16 heavy (non-hydrogen) atoms. The normalized spacial score (nSPS) is 11.6. The molecule has 0 aromatic heterocycles. The molecule has 0 atom stereocenters. The minimum atomic E-state index is 0.101. The molecule has 0 amide bonds. The van der Waals surface area contributed by atoms with E-state index in [4.69, 9.17) is 9.47 Å². The van der Waals surface area contributed by atoms with Crippen LogP contribution in [0.3, 0.4) is 0 Å². The van der Waals surface area contributed by atoms with Gasteiger partial charge < -0.3 is 9.47 Å². The molecular formula is C13H19IO2. The molecule has 0 fully saturated rings. The van der Waals surface area contributed by atoms with Gasteiger partial charge in [-0.1, -0.05) is 32.9 Å². The van der Waals surface area contributed by atoms with Crippen molar-refractivity contribution in [1.29, 1.82) is 0 Å². The average molecular weight is 334 g/mol. The number of methoxy groups -OCH3 is 1. The molecule has 0 spiro atoms. The fraction of sp³-hybridized carbons (Fsp3) is 0.538. The van der Waals surface area contributed by atoms with E-state index >= 15 is 0 Å². The lowest BCUT2D eigenvalue weighted by Crippen LogP contribution is -2.15. The lowest BCUT2D eigenvalue weighted by molar-refractivity contribution is 0.144. The van der Waals surface area contributed by atoms with Gasteiger partial charge in [-0.05, 0) is 34.1 Å². The molecule has 1 aromatic carbocycles. The summed E-state index contributed by atoms with van der Waals surface area (Å²) in [6, 6.07) is 6.27. The van der Waals surface area contributed by atoms with Crippen LogP contribution < -0.4 is 4.74 Å². The molecular weight excluding hydrogens is 315 g/mol. The highest BCUT2D eigenvalue weighted by Crippen LogP contribution is 2.34. The lowest BCUT2D eigenvalue weighted by atomic mass is 9.86. The Kier molecular flexibility index (Phi) is 5.05. The minimum absolute atomic E-state index is 0.101. The van der Waals surface area contributed by atoms with Gasteiger partial charge >= 0.3 is 0 Å². The van der Waals surface area contributed by atoms with Crippen molar-refractivity contribution in [3.63, 3.8) is 0 Å². The summed E-state index contributed by atoms with van der Waals surface area (Å²) in [5.74, 6) is 0.993. The van der Waals surface area contributed by atoms with Gasteiger partial charge in [0.1, 0.15) is 12.4 Å². The van der Waals surface area contributed by atoms with Crippen molar-refractivity contribution in [3.8, 4) is 5.75 Å². The Balaban J connectivity index is 2.95. The molecule has 0 unspecified atom stereocenters. The van der Waals surface area contributed by atoms with E-state index in [0.29, 0.717) is 13.2 Å². The van der Waals surface area contributed by atoms with Crippen molar-refractivity contribution in [2.24, 2.45) is 0 Å². The van der Waals surface area contributed by atoms with E-state index < -0.39 is 0 Å². The number of hydrogen-bond donors (Lipinski definition) is 0. The zero-order valence-electron chi connectivity index (χ0n) is 10.3. The van der Waals surface area contributed by atoms with Crippen LogP contribution in [0.5, 0.6) is 5.75 Å². The van der Waals surface area contributed by atoms with E-state index in [0.717, 1.165) is 9.32 Å². The van der Waals surface area contributed by atoms with Gasteiger partial charge in [0.15, 0.2) is 0 Å². The Morgan fingerprint density at radius 2 is 1.88 bits per heavy atom. The van der Waals surface area contributed by atoms with Crippen LogP contribution in [0.2, 0.25) is 0 Å². The van der Waals surface area contributed by atoms with Crippen molar-refractivity contribution in [2.75, 3.05) is 20.3 Å². The molecule has 90 valence electrons. The van der Waals surface area contributed by atoms with E-state index in [9.17, 15) is 0 Å². The Labute approximate surface area is 111 Å². The van der Waals surface area contributed by atoms with Crippen LogP contribution in [0.15, 0.2) is 18.2 Å². The third-order valence-electron chi connectivity index (χ3n) is 2.31. The maximum atomic E-state index is 5.80. The Bertz CT molecular complexity index is 342. The molecule has 0 saturated carbocycles. The van der Waals surface area contributed by atoms with E-state index in [1.807, 2.05) is 0 Å². The molecule has 0 aliphatic rings. The predicted molar refractivity (Wildman–Crippen MR) is 75.2 cm³/mol. The van der Waals surface area contributed by atoms with Crippen LogP contribution in [0, 0.1) is 3.57 Å². The SMILES string of the molecule is COCCOc1c(I)cccc1C(C)(C)C. The first-order chi connectivity index (χ1) is 7.46. The Morgan fingerprint density at radius 3 is 2.44 bits per heavy atom. The highest BCUT2D eigenvalue weighted by molar-refractivity contribution is 14.1. The molecule has 0 aliphatic carbocycles. The first-order valence-corrected chi connectivity index (χ1v) is 6.45. The molecule has 0 bridgehead atoms. The van der Waals surface area contributed by atoms with Crippen molar-refractivity contribution in [1.82, 2.24) is 0 Å². The number of hydrogen-bond acceptors (Lipinski definition) is 2. The summed E-state index contributed by atoms with van der Waals surface area (Å²) in [6.45, 7) is 7.80. The van der Waals surface area contributed by atoms with Crippen LogP contribution in [-0.4, -0.2) is 20.3 Å². The van der Waals surface area contributed by atoms with Crippen molar-refractivity contribution in [2.45, 2.75) is 26.2 Å². The minimum Gasteiger partial charge on any atom is -0.490 e. The zero-order chi connectivity index (χ0) is 12.2. The largest absolute Gasteiger partial charge is 0.490 e. The van der Waals surface area contributed by atoms with Crippen molar-refractivity contribution >= 4 is 22.6 Å². The predicted octanol–water partition coefficient (Wildman–Crippen LogP) is 3.61. The highest BCUT2D eigenvalue weighted by Gasteiger charge is 2.20. The van der Waals surface area contributed by atoms with Gasteiger partial charge in [0.25, 0.3) is 0 Å². The van der Waals surface area contributed by atoms with Gasteiger partial charge in [0.2, 0.25) is 0 Å². The molecule has 0 N–H and O–H groups in total. The maximum Gasteiger partial charge on any atom is 0.136 e. The number of benzene rings is 1. The van der Waals surface area contributed by atoms with E-state index in [1.165, 1.54) is 5.56 Å². The molecule has 0 saturated heterocycles. The summed E-state index contributed by atoms with van der Waals surface area (Å²) in [4.78, 5) is 0. The number of rotatable bonds is 4. The van der Waals surface area contributed by atoms with Crippen molar-refractivity contribution in [3.05, 3.63) is 27.3 Å². The van der Waals surface area contributed by atoms with Gasteiger partial charge in [-0.25, -0.2) is 0 Å². The third kappa shape index (κ3) is 3.63.